The molecule has 0 radical (unpaired) electrons. The number of halogens is 1. The van der Waals surface area contributed by atoms with E-state index in [0.29, 0.717) is 11.1 Å². The van der Waals surface area contributed by atoms with Crippen LogP contribution >= 0.6 is 11.6 Å². The summed E-state index contributed by atoms with van der Waals surface area (Å²) < 4.78 is 2.22. The van der Waals surface area contributed by atoms with Crippen molar-refractivity contribution in [3.8, 4) is 17.1 Å². The number of benzene rings is 2. The Morgan fingerprint density at radius 1 is 1.19 bits per heavy atom. The second-order valence-corrected chi connectivity index (χ2v) is 6.13. The molecule has 1 fully saturated rings. The standard InChI is InChI=1S/C17H15ClN2O/c1-10-2-7-16(21)13(8-10)17-19-14-6-3-11(18)9-15(14)20(17)12-4-5-12/h2-3,6-9,12,21H,4-5H2,1H3. The molecule has 0 bridgehead atoms. The molecule has 1 aliphatic rings. The van der Waals surface area contributed by atoms with Gasteiger partial charge in [0.2, 0.25) is 0 Å². The third kappa shape index (κ3) is 2.09. The molecule has 3 nitrogen and oxygen atoms in total. The van der Waals surface area contributed by atoms with E-state index in [-0.39, 0.29) is 5.75 Å². The molecule has 0 amide bonds. The lowest BCUT2D eigenvalue weighted by atomic mass is 10.1. The Morgan fingerprint density at radius 2 is 2.00 bits per heavy atom. The average Bonchev–Trinajstić information content (AvgIpc) is 3.22. The van der Waals surface area contributed by atoms with Crippen molar-refractivity contribution in [2.45, 2.75) is 25.8 Å². The highest BCUT2D eigenvalue weighted by Gasteiger charge is 2.29. The van der Waals surface area contributed by atoms with Gasteiger partial charge in [0.1, 0.15) is 11.6 Å². The van der Waals surface area contributed by atoms with Crippen LogP contribution in [0.2, 0.25) is 5.02 Å². The van der Waals surface area contributed by atoms with Crippen molar-refractivity contribution in [2.75, 3.05) is 0 Å². The summed E-state index contributed by atoms with van der Waals surface area (Å²) in [6.07, 6.45) is 2.30. The monoisotopic (exact) mass is 298 g/mol. The number of aryl methyl sites for hydroxylation is 1. The highest BCUT2D eigenvalue weighted by molar-refractivity contribution is 6.31. The van der Waals surface area contributed by atoms with E-state index in [2.05, 4.69) is 4.57 Å². The van der Waals surface area contributed by atoms with Crippen molar-refractivity contribution in [1.29, 1.82) is 0 Å². The van der Waals surface area contributed by atoms with E-state index in [1.165, 1.54) is 0 Å². The molecular weight excluding hydrogens is 284 g/mol. The van der Waals surface area contributed by atoms with Gasteiger partial charge in [-0.05, 0) is 50.1 Å². The van der Waals surface area contributed by atoms with E-state index >= 15 is 0 Å². The molecule has 1 aromatic heterocycles. The molecule has 1 N–H and O–H groups in total. The zero-order valence-corrected chi connectivity index (χ0v) is 12.4. The molecule has 0 spiro atoms. The number of fused-ring (bicyclic) bond motifs is 1. The van der Waals surface area contributed by atoms with Gasteiger partial charge in [-0.15, -0.1) is 0 Å². The van der Waals surface area contributed by atoms with Crippen molar-refractivity contribution < 1.29 is 5.11 Å². The normalized spacial score (nSPS) is 14.8. The van der Waals surface area contributed by atoms with Crippen LogP contribution in [0.15, 0.2) is 36.4 Å². The van der Waals surface area contributed by atoms with Crippen LogP contribution in [0.3, 0.4) is 0 Å². The first kappa shape index (κ1) is 12.7. The molecule has 2 aromatic carbocycles. The lowest BCUT2D eigenvalue weighted by Gasteiger charge is -2.10. The van der Waals surface area contributed by atoms with Crippen molar-refractivity contribution in [2.24, 2.45) is 0 Å². The van der Waals surface area contributed by atoms with E-state index in [9.17, 15) is 5.11 Å². The molecule has 4 rings (SSSR count). The number of nitrogens with zero attached hydrogens (tertiary/aromatic N) is 2. The van der Waals surface area contributed by atoms with Crippen molar-refractivity contribution in [3.63, 3.8) is 0 Å². The average molecular weight is 299 g/mol. The third-order valence-corrected chi connectivity index (χ3v) is 4.19. The van der Waals surface area contributed by atoms with E-state index in [0.717, 1.165) is 40.8 Å². The van der Waals surface area contributed by atoms with Crippen molar-refractivity contribution in [1.82, 2.24) is 9.55 Å². The van der Waals surface area contributed by atoms with Crippen LogP contribution in [0.25, 0.3) is 22.4 Å². The summed E-state index contributed by atoms with van der Waals surface area (Å²) in [4.78, 5) is 4.73. The molecule has 4 heteroatoms. The highest BCUT2D eigenvalue weighted by atomic mass is 35.5. The Balaban J connectivity index is 2.04. The minimum Gasteiger partial charge on any atom is -0.507 e. The molecule has 1 saturated carbocycles. The molecule has 0 atom stereocenters. The lowest BCUT2D eigenvalue weighted by Crippen LogP contribution is -1.98. The maximum atomic E-state index is 10.2. The van der Waals surface area contributed by atoms with Crippen molar-refractivity contribution >= 4 is 22.6 Å². The summed E-state index contributed by atoms with van der Waals surface area (Å²) in [5.74, 6) is 1.10. The number of imidazole rings is 1. The fourth-order valence-corrected chi connectivity index (χ4v) is 2.95. The summed E-state index contributed by atoms with van der Waals surface area (Å²) in [6.45, 7) is 2.02. The quantitative estimate of drug-likeness (QED) is 0.744. The minimum absolute atomic E-state index is 0.268. The Labute approximate surface area is 127 Å². The van der Waals surface area contributed by atoms with E-state index < -0.39 is 0 Å². The van der Waals surface area contributed by atoms with Gasteiger partial charge in [-0.2, -0.15) is 0 Å². The van der Waals surface area contributed by atoms with Gasteiger partial charge in [0, 0.05) is 11.1 Å². The Bertz CT molecular complexity index is 849. The third-order valence-electron chi connectivity index (χ3n) is 3.96. The van der Waals surface area contributed by atoms with Crippen LogP contribution in [0, 0.1) is 6.92 Å². The van der Waals surface area contributed by atoms with Crippen LogP contribution in [0.5, 0.6) is 5.75 Å². The lowest BCUT2D eigenvalue weighted by molar-refractivity contribution is 0.476. The Hall–Kier alpha value is -2.00. The van der Waals surface area contributed by atoms with E-state index in [4.69, 9.17) is 16.6 Å². The molecule has 1 aliphatic carbocycles. The summed E-state index contributed by atoms with van der Waals surface area (Å²) in [7, 11) is 0. The maximum absolute atomic E-state index is 10.2. The molecule has 0 saturated heterocycles. The number of rotatable bonds is 2. The molecule has 0 aliphatic heterocycles. The van der Waals surface area contributed by atoms with Gasteiger partial charge >= 0.3 is 0 Å². The summed E-state index contributed by atoms with van der Waals surface area (Å²) in [5, 5.41) is 10.9. The first-order chi connectivity index (χ1) is 10.1. The number of aromatic hydroxyl groups is 1. The van der Waals surface area contributed by atoms with Gasteiger partial charge < -0.3 is 9.67 Å². The highest BCUT2D eigenvalue weighted by Crippen LogP contribution is 2.43. The maximum Gasteiger partial charge on any atom is 0.145 e. The first-order valence-corrected chi connectivity index (χ1v) is 7.49. The van der Waals surface area contributed by atoms with Crippen LogP contribution in [0.1, 0.15) is 24.4 Å². The number of aromatic nitrogens is 2. The smallest absolute Gasteiger partial charge is 0.145 e. The van der Waals surface area contributed by atoms with Crippen LogP contribution in [-0.4, -0.2) is 14.7 Å². The topological polar surface area (TPSA) is 38.1 Å². The van der Waals surface area contributed by atoms with Crippen LogP contribution < -0.4 is 0 Å². The van der Waals surface area contributed by atoms with Gasteiger partial charge in [-0.3, -0.25) is 0 Å². The van der Waals surface area contributed by atoms with E-state index in [1.54, 1.807) is 6.07 Å². The van der Waals surface area contributed by atoms with Gasteiger partial charge in [0.15, 0.2) is 0 Å². The summed E-state index contributed by atoms with van der Waals surface area (Å²) in [5.41, 5.74) is 3.85. The summed E-state index contributed by atoms with van der Waals surface area (Å²) in [6, 6.07) is 11.8. The zero-order valence-electron chi connectivity index (χ0n) is 11.7. The number of hydrogen-bond acceptors (Lipinski definition) is 2. The molecular formula is C17H15ClN2O. The second kappa shape index (κ2) is 4.50. The van der Waals surface area contributed by atoms with E-state index in [1.807, 2.05) is 37.3 Å². The van der Waals surface area contributed by atoms with Crippen LogP contribution in [0.4, 0.5) is 0 Å². The minimum atomic E-state index is 0.268. The second-order valence-electron chi connectivity index (χ2n) is 5.69. The molecule has 21 heavy (non-hydrogen) atoms. The SMILES string of the molecule is Cc1ccc(O)c(-c2nc3ccc(Cl)cc3n2C2CC2)c1. The largest absolute Gasteiger partial charge is 0.507 e. The van der Waals surface area contributed by atoms with Crippen molar-refractivity contribution in [3.05, 3.63) is 47.0 Å². The zero-order chi connectivity index (χ0) is 14.6. The number of phenols is 1. The Kier molecular flexibility index (Phi) is 2.73. The fraction of sp³-hybridized carbons (Fsp3) is 0.235. The molecule has 106 valence electrons. The number of hydrogen-bond donors (Lipinski definition) is 1. The molecule has 1 heterocycles. The molecule has 3 aromatic rings. The molecule has 0 unspecified atom stereocenters. The van der Waals surface area contributed by atoms with Gasteiger partial charge in [-0.25, -0.2) is 4.98 Å². The Morgan fingerprint density at radius 3 is 2.76 bits per heavy atom. The van der Waals surface area contributed by atoms with Gasteiger partial charge in [-0.1, -0.05) is 23.2 Å². The predicted molar refractivity (Wildman–Crippen MR) is 84.9 cm³/mol. The summed E-state index contributed by atoms with van der Waals surface area (Å²) >= 11 is 6.14. The van der Waals surface area contributed by atoms with Crippen LogP contribution in [-0.2, 0) is 0 Å². The van der Waals surface area contributed by atoms with Gasteiger partial charge in [0.05, 0.1) is 16.6 Å². The fourth-order valence-electron chi connectivity index (χ4n) is 2.79. The predicted octanol–water partition coefficient (Wildman–Crippen LogP) is 4.71. The van der Waals surface area contributed by atoms with Gasteiger partial charge in [0.25, 0.3) is 0 Å². The number of phenolic OH excluding ortho intramolecular Hbond substituents is 1. The first-order valence-electron chi connectivity index (χ1n) is 7.11.